The molecule has 0 aliphatic carbocycles. The lowest BCUT2D eigenvalue weighted by molar-refractivity contribution is 1.10. The van der Waals surface area contributed by atoms with Gasteiger partial charge in [0.25, 0.3) is 0 Å². The van der Waals surface area contributed by atoms with Crippen molar-refractivity contribution in [2.45, 2.75) is 6.54 Å². The Labute approximate surface area is 85.8 Å². The van der Waals surface area contributed by atoms with Crippen molar-refractivity contribution in [2.24, 2.45) is 0 Å². The highest BCUT2D eigenvalue weighted by atomic mass is 32.1. The fourth-order valence-corrected chi connectivity index (χ4v) is 1.72. The molecule has 0 atom stereocenters. The van der Waals surface area contributed by atoms with E-state index < -0.39 is 0 Å². The smallest absolute Gasteiger partial charge is 0.152 e. The molecule has 0 aromatic carbocycles. The fourth-order valence-electron chi connectivity index (χ4n) is 1.07. The molecule has 3 N–H and O–H groups in total. The number of nitrogens with two attached hydrogens (primary N) is 1. The summed E-state index contributed by atoms with van der Waals surface area (Å²) in [4.78, 5) is 9.10. The molecule has 0 aliphatic rings. The minimum absolute atomic E-state index is 0.573. The summed E-state index contributed by atoms with van der Waals surface area (Å²) in [7, 11) is 0. The van der Waals surface area contributed by atoms with Crippen LogP contribution in [0.3, 0.4) is 0 Å². The maximum absolute atomic E-state index is 5.68. The van der Waals surface area contributed by atoms with Crippen LogP contribution in [0.4, 0.5) is 11.5 Å². The first-order valence-corrected chi connectivity index (χ1v) is 5.06. The van der Waals surface area contributed by atoms with Gasteiger partial charge in [-0.1, -0.05) is 6.07 Å². The van der Waals surface area contributed by atoms with Crippen LogP contribution in [-0.2, 0) is 6.54 Å². The van der Waals surface area contributed by atoms with Crippen LogP contribution in [0.1, 0.15) is 4.88 Å². The highest BCUT2D eigenvalue weighted by molar-refractivity contribution is 7.09. The van der Waals surface area contributed by atoms with Gasteiger partial charge in [-0.2, -0.15) is 0 Å². The summed E-state index contributed by atoms with van der Waals surface area (Å²) in [5.74, 6) is 0.688. The Kier molecular flexibility index (Phi) is 2.60. The SMILES string of the molecule is Nc1cncnc1NCc1cccs1. The van der Waals surface area contributed by atoms with Gasteiger partial charge in [0.15, 0.2) is 5.82 Å². The number of nitrogens with one attached hydrogen (secondary N) is 1. The zero-order valence-corrected chi connectivity index (χ0v) is 8.29. The second-order valence-electron chi connectivity index (χ2n) is 2.76. The van der Waals surface area contributed by atoms with E-state index in [1.807, 2.05) is 11.4 Å². The fraction of sp³-hybridized carbons (Fsp3) is 0.111. The monoisotopic (exact) mass is 206 g/mol. The minimum Gasteiger partial charge on any atom is -0.394 e. The summed E-state index contributed by atoms with van der Waals surface area (Å²) < 4.78 is 0. The Morgan fingerprint density at radius 3 is 3.14 bits per heavy atom. The minimum atomic E-state index is 0.573. The maximum atomic E-state index is 5.68. The van der Waals surface area contributed by atoms with E-state index in [-0.39, 0.29) is 0 Å². The van der Waals surface area contributed by atoms with E-state index in [9.17, 15) is 0 Å². The number of thiophene rings is 1. The third-order valence-electron chi connectivity index (χ3n) is 1.75. The van der Waals surface area contributed by atoms with Crippen molar-refractivity contribution < 1.29 is 0 Å². The van der Waals surface area contributed by atoms with E-state index in [4.69, 9.17) is 5.73 Å². The van der Waals surface area contributed by atoms with Crippen molar-refractivity contribution >= 4 is 22.8 Å². The molecule has 0 amide bonds. The van der Waals surface area contributed by atoms with E-state index in [2.05, 4.69) is 21.4 Å². The molecule has 0 saturated carbocycles. The van der Waals surface area contributed by atoms with Crippen LogP contribution in [0.25, 0.3) is 0 Å². The van der Waals surface area contributed by atoms with Crippen LogP contribution in [0, 0.1) is 0 Å². The van der Waals surface area contributed by atoms with Gasteiger partial charge in [-0.25, -0.2) is 9.97 Å². The molecule has 0 bridgehead atoms. The van der Waals surface area contributed by atoms with Crippen molar-refractivity contribution in [1.82, 2.24) is 9.97 Å². The molecular weight excluding hydrogens is 196 g/mol. The highest BCUT2D eigenvalue weighted by Gasteiger charge is 1.99. The Morgan fingerprint density at radius 1 is 1.50 bits per heavy atom. The summed E-state index contributed by atoms with van der Waals surface area (Å²) in [5.41, 5.74) is 6.25. The van der Waals surface area contributed by atoms with Gasteiger partial charge in [-0.05, 0) is 11.4 Å². The first kappa shape index (κ1) is 8.96. The summed E-state index contributed by atoms with van der Waals surface area (Å²) in [5, 5.41) is 5.19. The molecule has 2 aromatic heterocycles. The summed E-state index contributed by atoms with van der Waals surface area (Å²) in [6.07, 6.45) is 3.07. The van der Waals surface area contributed by atoms with Crippen molar-refractivity contribution in [3.63, 3.8) is 0 Å². The molecule has 2 heterocycles. The van der Waals surface area contributed by atoms with Gasteiger partial charge in [-0.15, -0.1) is 11.3 Å². The zero-order valence-electron chi connectivity index (χ0n) is 7.47. The van der Waals surface area contributed by atoms with Gasteiger partial charge in [0.2, 0.25) is 0 Å². The molecule has 2 aromatic rings. The molecule has 0 aliphatic heterocycles. The van der Waals surface area contributed by atoms with Gasteiger partial charge in [-0.3, -0.25) is 0 Å². The number of aromatic nitrogens is 2. The van der Waals surface area contributed by atoms with Crippen LogP contribution in [0.2, 0.25) is 0 Å². The molecule has 72 valence electrons. The quantitative estimate of drug-likeness (QED) is 0.802. The van der Waals surface area contributed by atoms with Crippen LogP contribution in [0.15, 0.2) is 30.0 Å². The van der Waals surface area contributed by atoms with E-state index in [1.165, 1.54) is 11.2 Å². The highest BCUT2D eigenvalue weighted by Crippen LogP contribution is 2.15. The Hall–Kier alpha value is -1.62. The average molecular weight is 206 g/mol. The third-order valence-corrected chi connectivity index (χ3v) is 2.63. The molecule has 2 rings (SSSR count). The molecule has 0 unspecified atom stereocenters. The van der Waals surface area contributed by atoms with Crippen molar-refractivity contribution in [3.05, 3.63) is 34.9 Å². The lowest BCUT2D eigenvalue weighted by atomic mass is 10.4. The average Bonchev–Trinajstić information content (AvgIpc) is 2.69. The Bertz CT molecular complexity index is 399. The number of rotatable bonds is 3. The van der Waals surface area contributed by atoms with E-state index in [0.29, 0.717) is 11.5 Å². The predicted molar refractivity (Wildman–Crippen MR) is 58.1 cm³/mol. The van der Waals surface area contributed by atoms with Crippen LogP contribution in [-0.4, -0.2) is 9.97 Å². The number of hydrogen-bond acceptors (Lipinski definition) is 5. The molecule has 5 heteroatoms. The van der Waals surface area contributed by atoms with Gasteiger partial charge in [0.1, 0.15) is 6.33 Å². The number of anilines is 2. The summed E-state index contributed by atoms with van der Waals surface area (Å²) in [6, 6.07) is 4.08. The van der Waals surface area contributed by atoms with Crippen molar-refractivity contribution in [2.75, 3.05) is 11.1 Å². The maximum Gasteiger partial charge on any atom is 0.152 e. The van der Waals surface area contributed by atoms with Gasteiger partial charge >= 0.3 is 0 Å². The van der Waals surface area contributed by atoms with Gasteiger partial charge in [0, 0.05) is 4.88 Å². The largest absolute Gasteiger partial charge is 0.394 e. The Morgan fingerprint density at radius 2 is 2.43 bits per heavy atom. The predicted octanol–water partition coefficient (Wildman–Crippen LogP) is 1.73. The van der Waals surface area contributed by atoms with Crippen molar-refractivity contribution in [3.8, 4) is 0 Å². The molecule has 0 radical (unpaired) electrons. The number of hydrogen-bond donors (Lipinski definition) is 2. The first-order chi connectivity index (χ1) is 6.86. The van der Waals surface area contributed by atoms with E-state index >= 15 is 0 Å². The molecule has 0 saturated heterocycles. The van der Waals surface area contributed by atoms with Crippen molar-refractivity contribution in [1.29, 1.82) is 0 Å². The number of nitrogens with zero attached hydrogens (tertiary/aromatic N) is 2. The normalized spacial score (nSPS) is 10.0. The molecule has 4 nitrogen and oxygen atoms in total. The second-order valence-corrected chi connectivity index (χ2v) is 3.79. The third kappa shape index (κ3) is 2.00. The lowest BCUT2D eigenvalue weighted by Crippen LogP contribution is -2.03. The second kappa shape index (κ2) is 4.06. The summed E-state index contributed by atoms with van der Waals surface area (Å²) >= 11 is 1.70. The lowest BCUT2D eigenvalue weighted by Gasteiger charge is -2.05. The first-order valence-electron chi connectivity index (χ1n) is 4.18. The van der Waals surface area contributed by atoms with Crippen LogP contribution in [0.5, 0.6) is 0 Å². The molecule has 0 spiro atoms. The standard InChI is InChI=1S/C9H10N4S/c10-8-5-11-6-13-9(8)12-4-7-2-1-3-14-7/h1-3,5-6H,4,10H2,(H,11,12,13). The van der Waals surface area contributed by atoms with Gasteiger partial charge < -0.3 is 11.1 Å². The molecule has 14 heavy (non-hydrogen) atoms. The van der Waals surface area contributed by atoms with E-state index in [0.717, 1.165) is 6.54 Å². The van der Waals surface area contributed by atoms with Crippen LogP contribution < -0.4 is 11.1 Å². The van der Waals surface area contributed by atoms with Crippen LogP contribution >= 0.6 is 11.3 Å². The van der Waals surface area contributed by atoms with Gasteiger partial charge in [0.05, 0.1) is 18.4 Å². The Balaban J connectivity index is 2.02. The topological polar surface area (TPSA) is 63.8 Å². The molecular formula is C9H10N4S. The molecule has 0 fully saturated rings. The number of nitrogen functional groups attached to an aromatic ring is 1. The summed E-state index contributed by atoms with van der Waals surface area (Å²) in [6.45, 7) is 0.749. The zero-order chi connectivity index (χ0) is 9.80. The van der Waals surface area contributed by atoms with E-state index in [1.54, 1.807) is 17.5 Å².